The predicted octanol–water partition coefficient (Wildman–Crippen LogP) is 1.99. The van der Waals surface area contributed by atoms with Crippen LogP contribution in [0.1, 0.15) is 16.7 Å². The van der Waals surface area contributed by atoms with Gasteiger partial charge in [0.1, 0.15) is 0 Å². The third kappa shape index (κ3) is 4.31. The molecule has 0 atom stereocenters. The van der Waals surface area contributed by atoms with Crippen molar-refractivity contribution < 1.29 is 13.5 Å². The van der Waals surface area contributed by atoms with Gasteiger partial charge in [0.2, 0.25) is 10.0 Å². The fraction of sp³-hybridized carbons (Fsp3) is 0.133. The van der Waals surface area contributed by atoms with Gasteiger partial charge >= 0.3 is 0 Å². The maximum Gasteiger partial charge on any atom is 0.236 e. The maximum absolute atomic E-state index is 12.1. The molecule has 0 amide bonds. The highest BCUT2D eigenvalue weighted by Crippen LogP contribution is 2.14. The number of nitrogens with one attached hydrogen (secondary N) is 1. The normalized spacial score (nSPS) is 10.9. The molecular weight excluding hydrogens is 288 g/mol. The topological polar surface area (TPSA) is 90.2 Å². The lowest BCUT2D eigenvalue weighted by Gasteiger charge is -2.08. The highest BCUT2D eigenvalue weighted by atomic mass is 32.2. The first kappa shape index (κ1) is 15.0. The summed E-state index contributed by atoms with van der Waals surface area (Å²) in [4.78, 5) is 0. The molecule has 0 saturated heterocycles. The van der Waals surface area contributed by atoms with Gasteiger partial charge in [-0.05, 0) is 35.4 Å². The van der Waals surface area contributed by atoms with Crippen LogP contribution in [0.2, 0.25) is 0 Å². The third-order valence-electron chi connectivity index (χ3n) is 2.82. The zero-order valence-corrected chi connectivity index (χ0v) is 12.0. The van der Waals surface area contributed by atoms with Crippen molar-refractivity contribution in [1.29, 1.82) is 5.26 Å². The van der Waals surface area contributed by atoms with E-state index >= 15 is 0 Å². The Balaban J connectivity index is 2.12. The highest BCUT2D eigenvalue weighted by Gasteiger charge is 2.12. The van der Waals surface area contributed by atoms with Gasteiger partial charge < -0.3 is 5.11 Å². The van der Waals surface area contributed by atoms with Crippen molar-refractivity contribution in [3.05, 3.63) is 65.2 Å². The molecule has 108 valence electrons. The molecule has 2 N–H and O–H groups in total. The monoisotopic (exact) mass is 302 g/mol. The number of nitrogens with zero attached hydrogens (tertiary/aromatic N) is 1. The average molecular weight is 302 g/mol. The summed E-state index contributed by atoms with van der Waals surface area (Å²) in [7, 11) is -3.55. The van der Waals surface area contributed by atoms with Crippen LogP contribution in [0.5, 0.6) is 0 Å². The van der Waals surface area contributed by atoms with Crippen molar-refractivity contribution in [3.63, 3.8) is 0 Å². The molecular formula is C15H14N2O3S. The first-order valence-corrected chi connectivity index (χ1v) is 7.87. The molecule has 0 heterocycles. The van der Waals surface area contributed by atoms with E-state index in [1.807, 2.05) is 6.07 Å². The Bertz CT molecular complexity index is 762. The van der Waals surface area contributed by atoms with E-state index in [9.17, 15) is 8.42 Å². The first-order valence-electron chi connectivity index (χ1n) is 6.22. The highest BCUT2D eigenvalue weighted by molar-refractivity contribution is 7.91. The molecule has 0 bridgehead atoms. The number of benzene rings is 2. The van der Waals surface area contributed by atoms with Gasteiger partial charge in [0.05, 0.1) is 24.0 Å². The zero-order valence-electron chi connectivity index (χ0n) is 11.2. The second-order valence-electron chi connectivity index (χ2n) is 4.53. The third-order valence-corrected chi connectivity index (χ3v) is 4.08. The molecule has 0 fully saturated rings. The van der Waals surface area contributed by atoms with Crippen LogP contribution in [-0.4, -0.2) is 13.5 Å². The molecule has 2 aromatic rings. The Morgan fingerprint density at radius 1 is 1.10 bits per heavy atom. The van der Waals surface area contributed by atoms with E-state index in [1.54, 1.807) is 48.5 Å². The summed E-state index contributed by atoms with van der Waals surface area (Å²) in [5, 5.41) is 17.7. The Morgan fingerprint density at radius 2 is 1.81 bits per heavy atom. The van der Waals surface area contributed by atoms with E-state index in [0.29, 0.717) is 22.4 Å². The molecule has 0 unspecified atom stereocenters. The van der Waals surface area contributed by atoms with Gasteiger partial charge in [0.15, 0.2) is 0 Å². The summed E-state index contributed by atoms with van der Waals surface area (Å²) in [5.74, 6) is -0.204. The second kappa shape index (κ2) is 6.39. The predicted molar refractivity (Wildman–Crippen MR) is 79.8 cm³/mol. The number of nitriles is 1. The number of aliphatic hydroxyl groups excluding tert-OH is 1. The lowest BCUT2D eigenvalue weighted by molar-refractivity contribution is 0.282. The average Bonchev–Trinajstić information content (AvgIpc) is 2.47. The standard InChI is InChI=1S/C15H14N2O3S/c16-9-13-2-1-3-14(8-13)11-21(19,20)17-15-6-4-12(10-18)5-7-15/h1-8,17-18H,10-11H2. The number of hydrogen-bond acceptors (Lipinski definition) is 4. The number of aliphatic hydroxyl groups is 1. The van der Waals surface area contributed by atoms with Gasteiger partial charge in [-0.15, -0.1) is 0 Å². The van der Waals surface area contributed by atoms with E-state index in [1.165, 1.54) is 0 Å². The smallest absolute Gasteiger partial charge is 0.236 e. The van der Waals surface area contributed by atoms with Crippen molar-refractivity contribution in [2.75, 3.05) is 4.72 Å². The fourth-order valence-electron chi connectivity index (χ4n) is 1.84. The van der Waals surface area contributed by atoms with Crippen LogP contribution in [0.15, 0.2) is 48.5 Å². The van der Waals surface area contributed by atoms with Gasteiger partial charge in [-0.1, -0.05) is 24.3 Å². The van der Waals surface area contributed by atoms with E-state index in [-0.39, 0.29) is 12.4 Å². The van der Waals surface area contributed by atoms with Gasteiger partial charge in [-0.3, -0.25) is 4.72 Å². The number of hydrogen-bond donors (Lipinski definition) is 2. The summed E-state index contributed by atoms with van der Waals surface area (Å²) >= 11 is 0. The van der Waals surface area contributed by atoms with Crippen LogP contribution < -0.4 is 4.72 Å². The summed E-state index contributed by atoms with van der Waals surface area (Å²) in [6, 6.07) is 14.9. The Kier molecular flexibility index (Phi) is 4.58. The Labute approximate surface area is 123 Å². The fourth-order valence-corrected chi connectivity index (χ4v) is 3.03. The largest absolute Gasteiger partial charge is 0.392 e. The molecule has 5 nitrogen and oxygen atoms in total. The van der Waals surface area contributed by atoms with Gasteiger partial charge in [-0.2, -0.15) is 5.26 Å². The quantitative estimate of drug-likeness (QED) is 0.883. The molecule has 0 aliphatic heterocycles. The minimum Gasteiger partial charge on any atom is -0.392 e. The van der Waals surface area contributed by atoms with Gasteiger partial charge in [0, 0.05) is 5.69 Å². The first-order chi connectivity index (χ1) is 10.0. The molecule has 0 spiro atoms. The lowest BCUT2D eigenvalue weighted by Crippen LogP contribution is -2.15. The number of rotatable bonds is 5. The summed E-state index contributed by atoms with van der Waals surface area (Å²) in [6.45, 7) is -0.0893. The maximum atomic E-state index is 12.1. The lowest BCUT2D eigenvalue weighted by atomic mass is 10.2. The molecule has 2 rings (SSSR count). The summed E-state index contributed by atoms with van der Waals surface area (Å²) in [5.41, 5.74) is 2.12. The van der Waals surface area contributed by atoms with Crippen molar-refractivity contribution in [2.24, 2.45) is 0 Å². The van der Waals surface area contributed by atoms with E-state index in [4.69, 9.17) is 10.4 Å². The summed E-state index contributed by atoms with van der Waals surface area (Å²) in [6.07, 6.45) is 0. The van der Waals surface area contributed by atoms with Crippen LogP contribution in [0.25, 0.3) is 0 Å². The Hall–Kier alpha value is -2.36. The number of sulfonamides is 1. The SMILES string of the molecule is N#Cc1cccc(CS(=O)(=O)Nc2ccc(CO)cc2)c1. The van der Waals surface area contributed by atoms with Crippen molar-refractivity contribution in [3.8, 4) is 6.07 Å². The molecule has 0 saturated carbocycles. The van der Waals surface area contributed by atoms with Crippen LogP contribution in [-0.2, 0) is 22.4 Å². The molecule has 0 aliphatic rings. The molecule has 6 heteroatoms. The van der Waals surface area contributed by atoms with Gasteiger partial charge in [-0.25, -0.2) is 8.42 Å². The molecule has 0 radical (unpaired) electrons. The molecule has 0 aliphatic carbocycles. The van der Waals surface area contributed by atoms with Crippen LogP contribution >= 0.6 is 0 Å². The minimum absolute atomic E-state index is 0.0893. The van der Waals surface area contributed by atoms with Crippen molar-refractivity contribution in [1.82, 2.24) is 0 Å². The van der Waals surface area contributed by atoms with Crippen molar-refractivity contribution in [2.45, 2.75) is 12.4 Å². The molecule has 21 heavy (non-hydrogen) atoms. The Morgan fingerprint density at radius 3 is 2.43 bits per heavy atom. The zero-order chi connectivity index (χ0) is 15.3. The molecule has 0 aromatic heterocycles. The van der Waals surface area contributed by atoms with E-state index in [2.05, 4.69) is 4.72 Å². The van der Waals surface area contributed by atoms with Crippen molar-refractivity contribution >= 4 is 15.7 Å². The number of anilines is 1. The van der Waals surface area contributed by atoms with E-state index in [0.717, 1.165) is 0 Å². The second-order valence-corrected chi connectivity index (χ2v) is 6.25. The molecule has 2 aromatic carbocycles. The van der Waals surface area contributed by atoms with Crippen LogP contribution in [0.4, 0.5) is 5.69 Å². The minimum atomic E-state index is -3.55. The van der Waals surface area contributed by atoms with Crippen LogP contribution in [0, 0.1) is 11.3 Å². The van der Waals surface area contributed by atoms with E-state index < -0.39 is 10.0 Å². The summed E-state index contributed by atoms with van der Waals surface area (Å²) < 4.78 is 26.6. The van der Waals surface area contributed by atoms with Gasteiger partial charge in [0.25, 0.3) is 0 Å². The van der Waals surface area contributed by atoms with Crippen LogP contribution in [0.3, 0.4) is 0 Å².